The van der Waals surface area contributed by atoms with Gasteiger partial charge in [0.2, 0.25) is 0 Å². The fourth-order valence-corrected chi connectivity index (χ4v) is 2.71. The Balaban J connectivity index is 2.00. The van der Waals surface area contributed by atoms with Gasteiger partial charge >= 0.3 is 0 Å². The minimum atomic E-state index is -0.508. The summed E-state index contributed by atoms with van der Waals surface area (Å²) in [7, 11) is 1.56. The number of anilines is 1. The summed E-state index contributed by atoms with van der Waals surface area (Å²) in [5.74, 6) is -0.266. The van der Waals surface area contributed by atoms with E-state index in [-0.39, 0.29) is 10.6 Å². The summed E-state index contributed by atoms with van der Waals surface area (Å²) in [5, 5.41) is -0.0688. The SMILES string of the molecule is COc1ccc(C2=C(Cl)C(=O)N(c3ccc(C)cc3)C2=O)cc1. The molecule has 3 rings (SSSR count). The van der Waals surface area contributed by atoms with Gasteiger partial charge in [0.1, 0.15) is 10.8 Å². The Kier molecular flexibility index (Phi) is 3.92. The normalized spacial score (nSPS) is 14.7. The molecule has 0 saturated heterocycles. The highest BCUT2D eigenvalue weighted by Gasteiger charge is 2.39. The molecular weight excluding hydrogens is 314 g/mol. The monoisotopic (exact) mass is 327 g/mol. The average Bonchev–Trinajstić information content (AvgIpc) is 2.78. The lowest BCUT2D eigenvalue weighted by molar-refractivity contribution is -0.119. The summed E-state index contributed by atoms with van der Waals surface area (Å²) in [5.41, 5.74) is 2.35. The topological polar surface area (TPSA) is 46.6 Å². The number of methoxy groups -OCH3 is 1. The molecule has 0 saturated carbocycles. The number of carbonyl (C=O) groups is 2. The number of imide groups is 1. The first kappa shape index (κ1) is 15.3. The lowest BCUT2D eigenvalue weighted by atomic mass is 10.1. The Morgan fingerprint density at radius 1 is 0.913 bits per heavy atom. The maximum Gasteiger partial charge on any atom is 0.277 e. The molecule has 0 bridgehead atoms. The van der Waals surface area contributed by atoms with Crippen LogP contribution in [0.25, 0.3) is 5.57 Å². The molecule has 116 valence electrons. The molecule has 2 aromatic carbocycles. The first-order chi connectivity index (χ1) is 11.0. The van der Waals surface area contributed by atoms with Gasteiger partial charge < -0.3 is 4.74 Å². The van der Waals surface area contributed by atoms with Crippen molar-refractivity contribution in [2.45, 2.75) is 6.92 Å². The van der Waals surface area contributed by atoms with Gasteiger partial charge in [-0.15, -0.1) is 0 Å². The molecule has 1 aliphatic rings. The van der Waals surface area contributed by atoms with Gasteiger partial charge in [-0.3, -0.25) is 9.59 Å². The number of hydrogen-bond donors (Lipinski definition) is 0. The summed E-state index contributed by atoms with van der Waals surface area (Å²) in [6.45, 7) is 1.94. The number of aryl methyl sites for hydroxylation is 1. The molecule has 5 heteroatoms. The average molecular weight is 328 g/mol. The summed E-state index contributed by atoms with van der Waals surface area (Å²) in [4.78, 5) is 26.2. The van der Waals surface area contributed by atoms with Gasteiger partial charge in [-0.1, -0.05) is 41.4 Å². The van der Waals surface area contributed by atoms with Crippen molar-refractivity contribution in [1.29, 1.82) is 0 Å². The van der Waals surface area contributed by atoms with E-state index in [0.29, 0.717) is 17.0 Å². The van der Waals surface area contributed by atoms with Gasteiger partial charge in [-0.2, -0.15) is 0 Å². The maximum absolute atomic E-state index is 12.7. The van der Waals surface area contributed by atoms with E-state index < -0.39 is 11.8 Å². The van der Waals surface area contributed by atoms with Crippen molar-refractivity contribution in [2.75, 3.05) is 12.0 Å². The molecule has 0 aromatic heterocycles. The first-order valence-electron chi connectivity index (χ1n) is 7.02. The van der Waals surface area contributed by atoms with Crippen LogP contribution in [0.1, 0.15) is 11.1 Å². The standard InChI is InChI=1S/C18H14ClNO3/c1-11-3-7-13(8-4-11)20-17(21)15(16(19)18(20)22)12-5-9-14(23-2)10-6-12/h3-10H,1-2H3. The van der Waals surface area contributed by atoms with Crippen LogP contribution in [0.3, 0.4) is 0 Å². The van der Waals surface area contributed by atoms with Crippen molar-refractivity contribution in [3.63, 3.8) is 0 Å². The van der Waals surface area contributed by atoms with Crippen LogP contribution in [0.2, 0.25) is 0 Å². The lowest BCUT2D eigenvalue weighted by Gasteiger charge is -2.15. The minimum Gasteiger partial charge on any atom is -0.497 e. The van der Waals surface area contributed by atoms with Crippen LogP contribution in [0, 0.1) is 6.92 Å². The van der Waals surface area contributed by atoms with Gasteiger partial charge in [0.15, 0.2) is 0 Å². The minimum absolute atomic E-state index is 0.0688. The van der Waals surface area contributed by atoms with Crippen LogP contribution >= 0.6 is 11.6 Å². The van der Waals surface area contributed by atoms with Crippen LogP contribution < -0.4 is 9.64 Å². The Morgan fingerprint density at radius 3 is 2.09 bits per heavy atom. The number of halogens is 1. The van der Waals surface area contributed by atoms with E-state index in [1.807, 2.05) is 19.1 Å². The number of amides is 2. The molecule has 23 heavy (non-hydrogen) atoms. The third-order valence-corrected chi connectivity index (χ3v) is 4.05. The Bertz CT molecular complexity index is 807. The highest BCUT2D eigenvalue weighted by molar-refractivity contribution is 6.60. The second kappa shape index (κ2) is 5.89. The molecule has 1 heterocycles. The summed E-state index contributed by atoms with van der Waals surface area (Å²) < 4.78 is 5.10. The highest BCUT2D eigenvalue weighted by Crippen LogP contribution is 2.35. The molecule has 0 aliphatic carbocycles. The zero-order valence-electron chi connectivity index (χ0n) is 12.7. The number of rotatable bonds is 3. The first-order valence-corrected chi connectivity index (χ1v) is 7.40. The van der Waals surface area contributed by atoms with Gasteiger partial charge in [0.05, 0.1) is 18.4 Å². The van der Waals surface area contributed by atoms with Crippen molar-refractivity contribution in [1.82, 2.24) is 0 Å². The van der Waals surface area contributed by atoms with Crippen molar-refractivity contribution in [3.05, 3.63) is 64.7 Å². The molecule has 0 unspecified atom stereocenters. The van der Waals surface area contributed by atoms with Crippen LogP contribution in [0.4, 0.5) is 5.69 Å². The lowest BCUT2D eigenvalue weighted by Crippen LogP contribution is -2.31. The van der Waals surface area contributed by atoms with Gasteiger partial charge in [-0.05, 0) is 36.8 Å². The quantitative estimate of drug-likeness (QED) is 0.810. The zero-order chi connectivity index (χ0) is 16.6. The molecular formula is C18H14ClNO3. The highest BCUT2D eigenvalue weighted by atomic mass is 35.5. The van der Waals surface area contributed by atoms with E-state index in [9.17, 15) is 9.59 Å². The predicted octanol–water partition coefficient (Wildman–Crippen LogP) is 3.53. The fourth-order valence-electron chi connectivity index (χ4n) is 2.44. The predicted molar refractivity (Wildman–Crippen MR) is 89.4 cm³/mol. The van der Waals surface area contributed by atoms with Gasteiger partial charge in [0.25, 0.3) is 11.8 Å². The molecule has 0 spiro atoms. The van der Waals surface area contributed by atoms with Crippen LogP contribution in [0.5, 0.6) is 5.75 Å². The maximum atomic E-state index is 12.7. The Hall–Kier alpha value is -2.59. The second-order valence-corrected chi connectivity index (χ2v) is 5.58. The molecule has 4 nitrogen and oxygen atoms in total. The summed E-state index contributed by atoms with van der Waals surface area (Å²) >= 11 is 6.14. The van der Waals surface area contributed by atoms with E-state index in [1.165, 1.54) is 0 Å². The second-order valence-electron chi connectivity index (χ2n) is 5.20. The van der Waals surface area contributed by atoms with Crippen molar-refractivity contribution < 1.29 is 14.3 Å². The van der Waals surface area contributed by atoms with Crippen LogP contribution in [0.15, 0.2) is 53.6 Å². The summed E-state index contributed by atoms with van der Waals surface area (Å²) in [6.07, 6.45) is 0. The number of benzene rings is 2. The molecule has 1 aliphatic heterocycles. The van der Waals surface area contributed by atoms with Crippen molar-refractivity contribution in [2.24, 2.45) is 0 Å². The molecule has 0 radical (unpaired) electrons. The van der Waals surface area contributed by atoms with Crippen LogP contribution in [-0.4, -0.2) is 18.9 Å². The number of nitrogens with zero attached hydrogens (tertiary/aromatic N) is 1. The molecule has 0 N–H and O–H groups in total. The fraction of sp³-hybridized carbons (Fsp3) is 0.111. The van der Waals surface area contributed by atoms with E-state index in [4.69, 9.17) is 16.3 Å². The number of carbonyl (C=O) groups excluding carboxylic acids is 2. The largest absolute Gasteiger partial charge is 0.497 e. The Labute approximate surface area is 138 Å². The molecule has 0 atom stereocenters. The van der Waals surface area contributed by atoms with Gasteiger partial charge in [0, 0.05) is 0 Å². The van der Waals surface area contributed by atoms with Gasteiger partial charge in [-0.25, -0.2) is 4.90 Å². The van der Waals surface area contributed by atoms with E-state index in [2.05, 4.69) is 0 Å². The molecule has 2 amide bonds. The zero-order valence-corrected chi connectivity index (χ0v) is 13.4. The Morgan fingerprint density at radius 2 is 1.52 bits per heavy atom. The third-order valence-electron chi connectivity index (χ3n) is 3.70. The molecule has 0 fully saturated rings. The van der Waals surface area contributed by atoms with E-state index in [1.54, 1.807) is 43.5 Å². The van der Waals surface area contributed by atoms with E-state index in [0.717, 1.165) is 10.5 Å². The number of ether oxygens (including phenoxy) is 1. The molecule has 2 aromatic rings. The third kappa shape index (κ3) is 2.62. The van der Waals surface area contributed by atoms with Crippen molar-refractivity contribution >= 4 is 34.7 Å². The summed E-state index contributed by atoms with van der Waals surface area (Å²) in [6, 6.07) is 14.0. The smallest absolute Gasteiger partial charge is 0.277 e. The van der Waals surface area contributed by atoms with Crippen molar-refractivity contribution in [3.8, 4) is 5.75 Å². The van der Waals surface area contributed by atoms with Crippen LogP contribution in [-0.2, 0) is 9.59 Å². The van der Waals surface area contributed by atoms with E-state index >= 15 is 0 Å². The number of hydrogen-bond acceptors (Lipinski definition) is 3.